The Labute approximate surface area is 112 Å². The van der Waals surface area contributed by atoms with E-state index >= 15 is 0 Å². The van der Waals surface area contributed by atoms with Crippen LogP contribution < -0.4 is 5.32 Å². The topological polar surface area (TPSA) is 32.3 Å². The fraction of sp³-hybridized carbons (Fsp3) is 0.333. The molecular weight excluding hydrogens is 242 g/mol. The van der Waals surface area contributed by atoms with Crippen LogP contribution in [-0.4, -0.2) is 11.7 Å². The summed E-state index contributed by atoms with van der Waals surface area (Å²) in [6.45, 7) is 6.05. The van der Waals surface area contributed by atoms with Gasteiger partial charge in [-0.1, -0.05) is 38.1 Å². The monoisotopic (exact) mass is 261 g/mol. The molecule has 0 bridgehead atoms. The van der Waals surface area contributed by atoms with Crippen LogP contribution in [0.25, 0.3) is 0 Å². The fourth-order valence-electron chi connectivity index (χ4n) is 1.92. The summed E-state index contributed by atoms with van der Waals surface area (Å²) in [5.74, 6) is 0.360. The molecule has 1 aromatic heterocycles. The minimum atomic E-state index is 0.124. The lowest BCUT2D eigenvalue weighted by atomic mass is 9.91. The highest BCUT2D eigenvalue weighted by Crippen LogP contribution is 2.26. The Morgan fingerprint density at radius 3 is 2.61 bits per heavy atom. The highest BCUT2D eigenvalue weighted by atomic mass is 32.1. The smallest absolute Gasteiger partial charge is 0.120 e. The van der Waals surface area contributed by atoms with Crippen molar-refractivity contribution in [2.24, 2.45) is 0 Å². The first-order chi connectivity index (χ1) is 8.59. The second-order valence-electron chi connectivity index (χ2n) is 5.09. The molecule has 0 atom stereocenters. The van der Waals surface area contributed by atoms with Crippen molar-refractivity contribution >= 4 is 11.3 Å². The van der Waals surface area contributed by atoms with Gasteiger partial charge >= 0.3 is 0 Å². The van der Waals surface area contributed by atoms with Gasteiger partial charge in [0, 0.05) is 28.9 Å². The Kier molecular flexibility index (Phi) is 4.04. The maximum absolute atomic E-state index is 9.69. The third kappa shape index (κ3) is 3.12. The molecule has 0 spiro atoms. The highest BCUT2D eigenvalue weighted by molar-refractivity contribution is 7.10. The van der Waals surface area contributed by atoms with E-state index < -0.39 is 0 Å². The molecule has 1 aromatic carbocycles. The van der Waals surface area contributed by atoms with E-state index in [1.807, 2.05) is 18.2 Å². The lowest BCUT2D eigenvalue weighted by Crippen LogP contribution is -2.31. The predicted octanol–water partition coefficient (Wildman–Crippen LogP) is 3.52. The molecule has 0 radical (unpaired) electrons. The number of aromatic hydroxyl groups is 1. The average Bonchev–Trinajstić information content (AvgIpc) is 2.86. The van der Waals surface area contributed by atoms with Crippen molar-refractivity contribution in [2.75, 3.05) is 6.54 Å². The highest BCUT2D eigenvalue weighted by Gasteiger charge is 2.20. The molecule has 0 aliphatic rings. The summed E-state index contributed by atoms with van der Waals surface area (Å²) in [6.07, 6.45) is 0. The van der Waals surface area contributed by atoms with Crippen molar-refractivity contribution in [3.63, 3.8) is 0 Å². The Balaban J connectivity index is 1.91. The van der Waals surface area contributed by atoms with Gasteiger partial charge in [-0.25, -0.2) is 0 Å². The van der Waals surface area contributed by atoms with E-state index in [0.717, 1.165) is 12.1 Å². The second kappa shape index (κ2) is 5.55. The van der Waals surface area contributed by atoms with Gasteiger partial charge in [0.05, 0.1) is 0 Å². The lowest BCUT2D eigenvalue weighted by molar-refractivity contribution is 0.449. The van der Waals surface area contributed by atoms with Crippen LogP contribution in [0.3, 0.4) is 0 Å². The number of phenolic OH excluding ortho intramolecular Hbond substituents is 1. The van der Waals surface area contributed by atoms with E-state index in [1.165, 1.54) is 4.88 Å². The first-order valence-electron chi connectivity index (χ1n) is 6.11. The molecule has 0 unspecified atom stereocenters. The number of hydrogen-bond donors (Lipinski definition) is 2. The SMILES string of the molecule is CC(C)(CNCc1ccccc1O)c1cccs1. The zero-order valence-electron chi connectivity index (χ0n) is 10.8. The lowest BCUT2D eigenvalue weighted by Gasteiger charge is -2.23. The van der Waals surface area contributed by atoms with Gasteiger partial charge in [0.1, 0.15) is 5.75 Å². The summed E-state index contributed by atoms with van der Waals surface area (Å²) >= 11 is 1.79. The minimum absolute atomic E-state index is 0.124. The normalized spacial score (nSPS) is 11.7. The van der Waals surface area contributed by atoms with Crippen LogP contribution in [0.5, 0.6) is 5.75 Å². The molecule has 0 amide bonds. The molecule has 2 rings (SSSR count). The third-order valence-electron chi connectivity index (χ3n) is 3.06. The van der Waals surface area contributed by atoms with Gasteiger partial charge in [0.25, 0.3) is 0 Å². The molecule has 3 heteroatoms. The number of phenols is 1. The van der Waals surface area contributed by atoms with Gasteiger partial charge in [-0.3, -0.25) is 0 Å². The van der Waals surface area contributed by atoms with Crippen molar-refractivity contribution in [3.8, 4) is 5.75 Å². The van der Waals surface area contributed by atoms with Crippen molar-refractivity contribution in [1.29, 1.82) is 0 Å². The van der Waals surface area contributed by atoms with Gasteiger partial charge in [0.2, 0.25) is 0 Å². The molecule has 18 heavy (non-hydrogen) atoms. The minimum Gasteiger partial charge on any atom is -0.508 e. The zero-order valence-corrected chi connectivity index (χ0v) is 11.6. The molecule has 0 aliphatic carbocycles. The molecule has 2 nitrogen and oxygen atoms in total. The van der Waals surface area contributed by atoms with E-state index in [-0.39, 0.29) is 5.41 Å². The number of benzene rings is 1. The summed E-state index contributed by atoms with van der Waals surface area (Å²) in [5.41, 5.74) is 1.07. The Bertz CT molecular complexity index is 491. The molecule has 2 N–H and O–H groups in total. The summed E-state index contributed by atoms with van der Waals surface area (Å²) in [4.78, 5) is 1.38. The van der Waals surface area contributed by atoms with Crippen LogP contribution in [0.1, 0.15) is 24.3 Å². The first-order valence-corrected chi connectivity index (χ1v) is 6.99. The van der Waals surface area contributed by atoms with Crippen molar-refractivity contribution in [1.82, 2.24) is 5.32 Å². The van der Waals surface area contributed by atoms with Gasteiger partial charge in [-0.05, 0) is 17.5 Å². The zero-order chi connectivity index (χ0) is 13.0. The molecule has 2 aromatic rings. The van der Waals surface area contributed by atoms with Crippen LogP contribution in [0, 0.1) is 0 Å². The predicted molar refractivity (Wildman–Crippen MR) is 77.2 cm³/mol. The summed E-state index contributed by atoms with van der Waals surface area (Å²) in [7, 11) is 0. The van der Waals surface area contributed by atoms with Crippen LogP contribution in [0.2, 0.25) is 0 Å². The van der Waals surface area contributed by atoms with Crippen molar-refractivity contribution < 1.29 is 5.11 Å². The van der Waals surface area contributed by atoms with Crippen molar-refractivity contribution in [3.05, 3.63) is 52.2 Å². The Morgan fingerprint density at radius 2 is 1.94 bits per heavy atom. The summed E-state index contributed by atoms with van der Waals surface area (Å²) in [6, 6.07) is 11.7. The maximum atomic E-state index is 9.69. The number of rotatable bonds is 5. The van der Waals surface area contributed by atoms with Crippen LogP contribution in [-0.2, 0) is 12.0 Å². The quantitative estimate of drug-likeness (QED) is 0.863. The van der Waals surface area contributed by atoms with E-state index in [2.05, 4.69) is 36.7 Å². The van der Waals surface area contributed by atoms with E-state index in [9.17, 15) is 5.11 Å². The number of para-hydroxylation sites is 1. The third-order valence-corrected chi connectivity index (χ3v) is 4.30. The average molecular weight is 261 g/mol. The largest absolute Gasteiger partial charge is 0.508 e. The van der Waals surface area contributed by atoms with Gasteiger partial charge < -0.3 is 10.4 Å². The number of nitrogens with one attached hydrogen (secondary N) is 1. The van der Waals surface area contributed by atoms with Gasteiger partial charge in [-0.15, -0.1) is 11.3 Å². The molecular formula is C15H19NOS. The van der Waals surface area contributed by atoms with E-state index in [4.69, 9.17) is 0 Å². The van der Waals surface area contributed by atoms with Crippen LogP contribution >= 0.6 is 11.3 Å². The van der Waals surface area contributed by atoms with E-state index in [0.29, 0.717) is 12.3 Å². The van der Waals surface area contributed by atoms with Crippen LogP contribution in [0.15, 0.2) is 41.8 Å². The number of thiophene rings is 1. The van der Waals surface area contributed by atoms with Crippen LogP contribution in [0.4, 0.5) is 0 Å². The molecule has 0 aliphatic heterocycles. The Hall–Kier alpha value is -1.32. The number of hydrogen-bond acceptors (Lipinski definition) is 3. The van der Waals surface area contributed by atoms with Gasteiger partial charge in [0.15, 0.2) is 0 Å². The Morgan fingerprint density at radius 1 is 1.17 bits per heavy atom. The summed E-state index contributed by atoms with van der Waals surface area (Å²) in [5, 5.41) is 15.2. The second-order valence-corrected chi connectivity index (χ2v) is 6.04. The molecule has 0 fully saturated rings. The standard InChI is InChI=1S/C15H19NOS/c1-15(2,14-8-5-9-18-14)11-16-10-12-6-3-4-7-13(12)17/h3-9,16-17H,10-11H2,1-2H3. The molecule has 96 valence electrons. The van der Waals surface area contributed by atoms with Crippen molar-refractivity contribution in [2.45, 2.75) is 25.8 Å². The van der Waals surface area contributed by atoms with E-state index in [1.54, 1.807) is 17.4 Å². The summed E-state index contributed by atoms with van der Waals surface area (Å²) < 4.78 is 0. The molecule has 0 saturated heterocycles. The molecule has 0 saturated carbocycles. The van der Waals surface area contributed by atoms with Gasteiger partial charge in [-0.2, -0.15) is 0 Å². The fourth-order valence-corrected chi connectivity index (χ4v) is 2.77. The maximum Gasteiger partial charge on any atom is 0.120 e. The molecule has 1 heterocycles. The first kappa shape index (κ1) is 13.1.